The zero-order valence-electron chi connectivity index (χ0n) is 7.66. The van der Waals surface area contributed by atoms with Crippen molar-refractivity contribution >= 4 is 21.6 Å². The molecule has 0 unspecified atom stereocenters. The molecule has 0 aliphatic heterocycles. The van der Waals surface area contributed by atoms with Crippen molar-refractivity contribution in [1.29, 1.82) is 0 Å². The van der Waals surface area contributed by atoms with Crippen molar-refractivity contribution in [2.24, 2.45) is 0 Å². The van der Waals surface area contributed by atoms with E-state index >= 15 is 0 Å². The monoisotopic (exact) mass is 248 g/mol. The number of hydrogen-bond donors (Lipinski definition) is 2. The van der Waals surface area contributed by atoms with Crippen LogP contribution < -0.4 is 10.2 Å². The first-order valence-electron chi connectivity index (χ1n) is 3.93. The Morgan fingerprint density at radius 1 is 1.60 bits per heavy atom. The third-order valence-corrected chi connectivity index (χ3v) is 3.09. The van der Waals surface area contributed by atoms with Gasteiger partial charge in [-0.05, 0) is 0 Å². The highest BCUT2D eigenvalue weighted by Crippen LogP contribution is 2.01. The van der Waals surface area contributed by atoms with Gasteiger partial charge in [0.05, 0.1) is 0 Å². The summed E-state index contributed by atoms with van der Waals surface area (Å²) < 4.78 is 25.2. The molecule has 0 saturated carbocycles. The largest absolute Gasteiger partial charge is 0.366 e. The van der Waals surface area contributed by atoms with Crippen LogP contribution in [0.1, 0.15) is 0 Å². The Balaban J connectivity index is 3.02. The Bertz CT molecular complexity index is 521. The van der Waals surface area contributed by atoms with Gasteiger partial charge in [-0.3, -0.25) is 4.79 Å². The number of rotatable bonds is 4. The molecule has 0 bridgehead atoms. The summed E-state index contributed by atoms with van der Waals surface area (Å²) in [4.78, 5) is 13.4. The van der Waals surface area contributed by atoms with Gasteiger partial charge in [0.15, 0.2) is 0 Å². The Hall–Kier alpha value is -1.11. The Labute approximate surface area is 91.8 Å². The van der Waals surface area contributed by atoms with Crippen molar-refractivity contribution in [2.75, 3.05) is 6.54 Å². The molecule has 2 N–H and O–H groups in total. The van der Waals surface area contributed by atoms with Crippen LogP contribution >= 0.6 is 11.6 Å². The van der Waals surface area contributed by atoms with Gasteiger partial charge < -0.3 is 4.98 Å². The Morgan fingerprint density at radius 3 is 2.80 bits per heavy atom. The minimum Gasteiger partial charge on any atom is -0.366 e. The minimum atomic E-state index is -3.83. The fraction of sp³-hybridized carbons (Fsp3) is 0.125. The van der Waals surface area contributed by atoms with E-state index in [2.05, 4.69) is 16.3 Å². The quantitative estimate of drug-likeness (QED) is 0.810. The molecule has 5 nitrogen and oxygen atoms in total. The highest BCUT2D eigenvalue weighted by Gasteiger charge is 2.16. The van der Waals surface area contributed by atoms with Gasteiger partial charge in [0.25, 0.3) is 0 Å². The molecule has 1 heterocycles. The smallest absolute Gasteiger partial charge is 0.246 e. The number of nitrogens with one attached hydrogen (secondary N) is 2. The van der Waals surface area contributed by atoms with Gasteiger partial charge in [0.2, 0.25) is 15.5 Å². The third kappa shape index (κ3) is 3.19. The summed E-state index contributed by atoms with van der Waals surface area (Å²) in [6, 6.07) is 1.13. The number of pyridine rings is 1. The number of H-pyrrole nitrogens is 1. The normalized spacial score (nSPS) is 11.3. The van der Waals surface area contributed by atoms with Crippen molar-refractivity contribution < 1.29 is 8.42 Å². The van der Waals surface area contributed by atoms with Crippen molar-refractivity contribution in [3.63, 3.8) is 0 Å². The predicted octanol–water partition coefficient (Wildman–Crippen LogP) is 0.406. The van der Waals surface area contributed by atoms with Crippen LogP contribution in [0.15, 0.2) is 39.8 Å². The van der Waals surface area contributed by atoms with E-state index in [0.717, 1.165) is 12.3 Å². The van der Waals surface area contributed by atoms with E-state index in [9.17, 15) is 13.2 Å². The molecule has 0 aromatic carbocycles. The number of hydrogen-bond acceptors (Lipinski definition) is 3. The highest BCUT2D eigenvalue weighted by molar-refractivity contribution is 7.89. The zero-order chi connectivity index (χ0) is 11.5. The molecule has 0 fully saturated rings. The lowest BCUT2D eigenvalue weighted by atomic mass is 10.5. The molecule has 0 amide bonds. The molecule has 0 atom stereocenters. The zero-order valence-corrected chi connectivity index (χ0v) is 9.23. The van der Waals surface area contributed by atoms with Crippen molar-refractivity contribution in [1.82, 2.24) is 9.71 Å². The summed E-state index contributed by atoms with van der Waals surface area (Å²) in [6.07, 6.45) is 2.46. The highest BCUT2D eigenvalue weighted by atomic mass is 35.5. The standard InChI is InChI=1S/C8H9ClN2O3S/c1-6(9)4-11-15(13,14)8-5-10-3-2-7(8)12/h2-3,5,11H,1,4H2,(H,10,12). The van der Waals surface area contributed by atoms with Crippen LogP contribution in [0, 0.1) is 0 Å². The van der Waals surface area contributed by atoms with Crippen LogP contribution in [0.25, 0.3) is 0 Å². The SMILES string of the molecule is C=C(Cl)CNS(=O)(=O)c1c[nH]ccc1=O. The maximum Gasteiger partial charge on any atom is 0.246 e. The predicted molar refractivity (Wildman–Crippen MR) is 57.2 cm³/mol. The van der Waals surface area contributed by atoms with E-state index in [1.807, 2.05) is 0 Å². The molecule has 0 saturated heterocycles. The minimum absolute atomic E-state index is 0.113. The van der Waals surface area contributed by atoms with Crippen molar-refractivity contribution in [3.05, 3.63) is 40.3 Å². The number of sulfonamides is 1. The molecule has 7 heteroatoms. The summed E-state index contributed by atoms with van der Waals surface area (Å²) in [5.74, 6) is 0. The first-order valence-corrected chi connectivity index (χ1v) is 5.79. The summed E-state index contributed by atoms with van der Waals surface area (Å²) in [6.45, 7) is 3.21. The third-order valence-electron chi connectivity index (χ3n) is 1.53. The first kappa shape index (κ1) is 12.0. The van der Waals surface area contributed by atoms with Crippen LogP contribution in [-0.4, -0.2) is 19.9 Å². The summed E-state index contributed by atoms with van der Waals surface area (Å²) in [7, 11) is -3.83. The van der Waals surface area contributed by atoms with Crippen molar-refractivity contribution in [3.8, 4) is 0 Å². The van der Waals surface area contributed by atoms with E-state index in [1.165, 1.54) is 6.20 Å². The van der Waals surface area contributed by atoms with Gasteiger partial charge in [-0.1, -0.05) is 18.2 Å². The lowest BCUT2D eigenvalue weighted by molar-refractivity contribution is 0.584. The molecule has 15 heavy (non-hydrogen) atoms. The topological polar surface area (TPSA) is 79.0 Å². The van der Waals surface area contributed by atoms with Gasteiger partial charge in [-0.25, -0.2) is 13.1 Å². The Morgan fingerprint density at radius 2 is 2.27 bits per heavy atom. The van der Waals surface area contributed by atoms with Gasteiger partial charge in [0, 0.05) is 30.0 Å². The van der Waals surface area contributed by atoms with E-state index in [-0.39, 0.29) is 16.5 Å². The van der Waals surface area contributed by atoms with Gasteiger partial charge in [0.1, 0.15) is 4.90 Å². The van der Waals surface area contributed by atoms with Crippen LogP contribution in [0.3, 0.4) is 0 Å². The van der Waals surface area contributed by atoms with Gasteiger partial charge >= 0.3 is 0 Å². The fourth-order valence-corrected chi connectivity index (χ4v) is 2.08. The number of aromatic amines is 1. The van der Waals surface area contributed by atoms with Gasteiger partial charge in [-0.2, -0.15) is 0 Å². The summed E-state index contributed by atoms with van der Waals surface area (Å²) >= 11 is 5.40. The molecular weight excluding hydrogens is 240 g/mol. The second-order valence-corrected chi connectivity index (χ2v) is 4.98. The molecule has 0 spiro atoms. The molecule has 0 aliphatic carbocycles. The van der Waals surface area contributed by atoms with Crippen LogP contribution in [0.2, 0.25) is 0 Å². The molecule has 1 aromatic rings. The lowest BCUT2D eigenvalue weighted by Gasteiger charge is -2.03. The van der Waals surface area contributed by atoms with E-state index < -0.39 is 15.5 Å². The molecule has 0 radical (unpaired) electrons. The second-order valence-electron chi connectivity index (χ2n) is 2.71. The van der Waals surface area contributed by atoms with E-state index in [1.54, 1.807) is 0 Å². The molecule has 1 aromatic heterocycles. The average Bonchev–Trinajstić information content (AvgIpc) is 2.15. The second kappa shape index (κ2) is 4.61. The van der Waals surface area contributed by atoms with Crippen LogP contribution in [-0.2, 0) is 10.0 Å². The Kier molecular flexibility index (Phi) is 3.67. The summed E-state index contributed by atoms with van der Waals surface area (Å²) in [5.41, 5.74) is -0.582. The van der Waals surface area contributed by atoms with Crippen molar-refractivity contribution in [2.45, 2.75) is 4.90 Å². The van der Waals surface area contributed by atoms with E-state index in [4.69, 9.17) is 11.6 Å². The molecule has 0 aliphatic rings. The van der Waals surface area contributed by atoms with Crippen LogP contribution in [0.4, 0.5) is 0 Å². The molecular formula is C8H9ClN2O3S. The fourth-order valence-electron chi connectivity index (χ4n) is 0.862. The number of aromatic nitrogens is 1. The lowest BCUT2D eigenvalue weighted by Crippen LogP contribution is -2.29. The summed E-state index contributed by atoms with van der Waals surface area (Å²) in [5, 5.41) is 0.144. The van der Waals surface area contributed by atoms with E-state index in [0.29, 0.717) is 0 Å². The van der Waals surface area contributed by atoms with Crippen LogP contribution in [0.5, 0.6) is 0 Å². The maximum absolute atomic E-state index is 11.5. The number of halogens is 1. The maximum atomic E-state index is 11.5. The van der Waals surface area contributed by atoms with Gasteiger partial charge in [-0.15, -0.1) is 0 Å². The average molecular weight is 249 g/mol. The molecule has 82 valence electrons. The first-order chi connectivity index (χ1) is 6.93. The molecule has 1 rings (SSSR count).